The van der Waals surface area contributed by atoms with Gasteiger partial charge in [-0.2, -0.15) is 0 Å². The van der Waals surface area contributed by atoms with Crippen molar-refractivity contribution in [1.29, 1.82) is 0 Å². The van der Waals surface area contributed by atoms with Gasteiger partial charge in [0.15, 0.2) is 6.20 Å². The molecule has 0 bridgehead atoms. The van der Waals surface area contributed by atoms with E-state index in [0.29, 0.717) is 0 Å². The van der Waals surface area contributed by atoms with Gasteiger partial charge in [0.1, 0.15) is 12.6 Å². The van der Waals surface area contributed by atoms with Crippen LogP contribution in [0.1, 0.15) is 6.92 Å². The summed E-state index contributed by atoms with van der Waals surface area (Å²) < 4.78 is 2.08. The standard InChI is InChI=1S/C9H11B10N/c1-7-9(17(11)12,18(15-10)19(13)14)16(7)8-5-3-4-6-20(8)2/h3-7H,1-2H3/q+1/t7-,9?/m1/s1. The quantitative estimate of drug-likeness (QED) is 0.381. The van der Waals surface area contributed by atoms with E-state index in [1.165, 1.54) is 5.59 Å². The van der Waals surface area contributed by atoms with Crippen LogP contribution in [-0.2, 0) is 7.05 Å². The minimum Gasteiger partial charge on any atom is -0.215 e. The highest BCUT2D eigenvalue weighted by Crippen LogP contribution is 2.64. The molecule has 2 atom stereocenters. The van der Waals surface area contributed by atoms with Crippen molar-refractivity contribution in [3.63, 3.8) is 0 Å². The molecule has 0 aromatic carbocycles. The van der Waals surface area contributed by atoms with Crippen LogP contribution in [0.15, 0.2) is 24.4 Å². The van der Waals surface area contributed by atoms with Crippen LogP contribution in [0.4, 0.5) is 0 Å². The zero-order valence-corrected chi connectivity index (χ0v) is 12.1. The van der Waals surface area contributed by atoms with E-state index in [0.717, 1.165) is 0 Å². The normalized spacial score (nSPS) is 24.1. The Bertz CT molecular complexity index is 482. The molecule has 0 aliphatic carbocycles. The maximum absolute atomic E-state index is 6.10. The topological polar surface area (TPSA) is 3.88 Å². The SMILES string of the molecule is [B][B]B(B([B])[B])C1(B([B])[B])B(c2cccc[n+]2C)[C@@H]1C. The molecule has 11 radical (unpaired) electrons. The van der Waals surface area contributed by atoms with Gasteiger partial charge in [-0.05, 0) is 6.07 Å². The van der Waals surface area contributed by atoms with Gasteiger partial charge in [-0.3, -0.25) is 0 Å². The maximum Gasteiger partial charge on any atom is 0.251 e. The number of aromatic nitrogens is 1. The third kappa shape index (κ3) is 2.29. The molecule has 2 rings (SSSR count). The van der Waals surface area contributed by atoms with Crippen LogP contribution in [-0.4, -0.2) is 71.8 Å². The molecule has 81 valence electrons. The van der Waals surface area contributed by atoms with E-state index in [1.807, 2.05) is 25.4 Å². The predicted octanol–water partition coefficient (Wildman–Crippen LogP) is -3.06. The van der Waals surface area contributed by atoms with Gasteiger partial charge in [-0.1, -0.05) is 18.8 Å². The molecule has 2 heterocycles. The first kappa shape index (κ1) is 16.2. The molecule has 0 spiro atoms. The summed E-state index contributed by atoms with van der Waals surface area (Å²) in [7, 11) is 33.3. The van der Waals surface area contributed by atoms with Crippen molar-refractivity contribution in [2.75, 3.05) is 0 Å². The minimum atomic E-state index is -0.573. The van der Waals surface area contributed by atoms with Gasteiger partial charge in [0.05, 0.1) is 0 Å². The molecule has 1 unspecified atom stereocenters. The van der Waals surface area contributed by atoms with Crippen LogP contribution in [0.5, 0.6) is 0 Å². The predicted molar refractivity (Wildman–Crippen MR) is 96.9 cm³/mol. The summed E-state index contributed by atoms with van der Waals surface area (Å²) in [5, 5.41) is -0.387. The van der Waals surface area contributed by atoms with Crippen molar-refractivity contribution >= 4 is 77.4 Å². The Morgan fingerprint density at radius 3 is 2.40 bits per heavy atom. The first-order chi connectivity index (χ1) is 9.38. The molecule has 1 aromatic heterocycles. The molecule has 20 heavy (non-hydrogen) atoms. The maximum atomic E-state index is 6.10. The largest absolute Gasteiger partial charge is 0.251 e. The van der Waals surface area contributed by atoms with Gasteiger partial charge in [0, 0.05) is 71.2 Å². The van der Waals surface area contributed by atoms with Crippen molar-refractivity contribution in [2.24, 2.45) is 7.05 Å². The summed E-state index contributed by atoms with van der Waals surface area (Å²) in [4.78, 5) is 0. The summed E-state index contributed by atoms with van der Waals surface area (Å²) in [5.74, 6) is 0.274. The molecule has 1 fully saturated rings. The third-order valence-corrected chi connectivity index (χ3v) is 4.91. The summed E-state index contributed by atoms with van der Waals surface area (Å²) >= 11 is 0. The van der Waals surface area contributed by atoms with Crippen LogP contribution in [0, 0.1) is 0 Å². The van der Waals surface area contributed by atoms with Crippen molar-refractivity contribution in [3.8, 4) is 0 Å². The number of rotatable bonds is 5. The zero-order chi connectivity index (χ0) is 15.1. The highest BCUT2D eigenvalue weighted by atomic mass is 14.9. The number of nitrogens with zero attached hydrogens (tertiary/aromatic N) is 1. The average Bonchev–Trinajstić information content (AvgIpc) is 2.97. The fraction of sp³-hybridized carbons (Fsp3) is 0.444. The van der Waals surface area contributed by atoms with Crippen molar-refractivity contribution in [3.05, 3.63) is 24.4 Å². The second-order valence-corrected chi connectivity index (χ2v) is 5.82. The summed E-state index contributed by atoms with van der Waals surface area (Å²) in [6.45, 7) is 1.58. The molecule has 1 aromatic rings. The van der Waals surface area contributed by atoms with Gasteiger partial charge in [0.2, 0.25) is 0 Å². The average molecular weight is 241 g/mol. The van der Waals surface area contributed by atoms with Crippen molar-refractivity contribution < 1.29 is 4.57 Å². The minimum absolute atomic E-state index is 0.202. The van der Waals surface area contributed by atoms with Gasteiger partial charge in [0.25, 0.3) is 6.71 Å². The molecular formula is C9H11B10N+. The van der Waals surface area contributed by atoms with Gasteiger partial charge in [-0.25, -0.2) is 4.57 Å². The molecule has 0 saturated carbocycles. The summed E-state index contributed by atoms with van der Waals surface area (Å²) in [5.41, 5.74) is 1.17. The van der Waals surface area contributed by atoms with E-state index < -0.39 is 12.9 Å². The molecule has 1 aliphatic rings. The van der Waals surface area contributed by atoms with Crippen LogP contribution in [0.25, 0.3) is 0 Å². The Kier molecular flexibility index (Phi) is 4.76. The third-order valence-electron chi connectivity index (χ3n) is 4.91. The molecular weight excluding hydrogens is 230 g/mol. The van der Waals surface area contributed by atoms with E-state index in [9.17, 15) is 0 Å². The Balaban J connectivity index is 2.44. The summed E-state index contributed by atoms with van der Waals surface area (Å²) in [6, 6.07) is 6.08. The highest BCUT2D eigenvalue weighted by Gasteiger charge is 2.71. The smallest absolute Gasteiger partial charge is 0.215 e. The summed E-state index contributed by atoms with van der Waals surface area (Å²) in [6.07, 6.45) is 1.44. The first-order valence-corrected chi connectivity index (χ1v) is 6.91. The second kappa shape index (κ2) is 5.89. The molecule has 1 saturated heterocycles. The molecule has 0 N–H and O–H groups in total. The van der Waals surface area contributed by atoms with Crippen LogP contribution in [0.3, 0.4) is 0 Å². The number of aryl methyl sites for hydroxylation is 1. The lowest BCUT2D eigenvalue weighted by atomic mass is 8.73. The van der Waals surface area contributed by atoms with Crippen LogP contribution in [0.2, 0.25) is 10.9 Å². The molecule has 11 heteroatoms. The lowest BCUT2D eigenvalue weighted by Crippen LogP contribution is -2.59. The van der Waals surface area contributed by atoms with Gasteiger partial charge >= 0.3 is 0 Å². The van der Waals surface area contributed by atoms with Gasteiger partial charge < -0.3 is 0 Å². The van der Waals surface area contributed by atoms with Crippen LogP contribution < -0.4 is 10.2 Å². The lowest BCUT2D eigenvalue weighted by Gasteiger charge is -2.33. The van der Waals surface area contributed by atoms with Gasteiger partial charge in [-0.15, -0.1) is 5.11 Å². The Labute approximate surface area is 131 Å². The number of hydrogen-bond donors (Lipinski definition) is 0. The fourth-order valence-corrected chi connectivity index (χ4v) is 3.86. The monoisotopic (exact) mass is 243 g/mol. The number of pyridine rings is 1. The molecule has 1 aliphatic heterocycles. The van der Waals surface area contributed by atoms with E-state index in [-0.39, 0.29) is 24.1 Å². The van der Waals surface area contributed by atoms with Crippen LogP contribution >= 0.6 is 0 Å². The van der Waals surface area contributed by atoms with E-state index in [2.05, 4.69) is 17.6 Å². The highest BCUT2D eigenvalue weighted by molar-refractivity contribution is 7.76. The fourth-order valence-electron chi connectivity index (χ4n) is 3.86. The van der Waals surface area contributed by atoms with E-state index in [1.54, 1.807) is 7.06 Å². The Morgan fingerprint density at radius 1 is 1.30 bits per heavy atom. The Hall–Kier alpha value is -0.201. The lowest BCUT2D eigenvalue weighted by molar-refractivity contribution is -0.654. The van der Waals surface area contributed by atoms with E-state index in [4.69, 9.17) is 38.7 Å². The van der Waals surface area contributed by atoms with Crippen molar-refractivity contribution in [1.82, 2.24) is 0 Å². The van der Waals surface area contributed by atoms with E-state index >= 15 is 0 Å². The Morgan fingerprint density at radius 2 is 1.95 bits per heavy atom. The molecule has 0 amide bonds. The van der Waals surface area contributed by atoms with Crippen molar-refractivity contribution in [2.45, 2.75) is 17.9 Å². The second-order valence-electron chi connectivity index (χ2n) is 5.82. The number of hydrogen-bond acceptors (Lipinski definition) is 0. The zero-order valence-electron chi connectivity index (χ0n) is 12.1. The molecule has 1 nitrogen and oxygen atoms in total. The first-order valence-electron chi connectivity index (χ1n) is 6.91.